The van der Waals surface area contributed by atoms with Gasteiger partial charge in [0, 0.05) is 44.1 Å². The average molecular weight is 524 g/mol. The fourth-order valence-electron chi connectivity index (χ4n) is 3.71. The van der Waals surface area contributed by atoms with Crippen LogP contribution in [0.1, 0.15) is 49.2 Å². The molecule has 1 aromatic heterocycles. The van der Waals surface area contributed by atoms with E-state index in [1.807, 2.05) is 49.9 Å². The lowest BCUT2D eigenvalue weighted by atomic mass is 9.93. The fraction of sp³-hybridized carbons (Fsp3) is 0.500. The first kappa shape index (κ1) is 24.2. The number of hydrogen-bond acceptors (Lipinski definition) is 3. The van der Waals surface area contributed by atoms with E-state index in [-0.39, 0.29) is 29.9 Å². The van der Waals surface area contributed by atoms with Gasteiger partial charge in [0.25, 0.3) is 5.91 Å². The summed E-state index contributed by atoms with van der Waals surface area (Å²) >= 11 is 0. The number of carbonyl (C=O) groups excluding carboxylic acids is 1. The summed E-state index contributed by atoms with van der Waals surface area (Å²) in [5.74, 6) is 1.51. The van der Waals surface area contributed by atoms with E-state index in [0.717, 1.165) is 37.6 Å². The summed E-state index contributed by atoms with van der Waals surface area (Å²) in [4.78, 5) is 23.3. The van der Waals surface area contributed by atoms with Crippen LogP contribution in [0.2, 0.25) is 0 Å². The molecule has 7 nitrogen and oxygen atoms in total. The number of amides is 1. The van der Waals surface area contributed by atoms with Crippen molar-refractivity contribution in [3.8, 4) is 0 Å². The predicted octanol–water partition coefficient (Wildman–Crippen LogP) is 3.30. The number of piperidine rings is 1. The molecule has 0 radical (unpaired) electrons. The molecule has 1 saturated heterocycles. The summed E-state index contributed by atoms with van der Waals surface area (Å²) in [6, 6.07) is 8.07. The molecule has 0 spiro atoms. The van der Waals surface area contributed by atoms with Crippen molar-refractivity contribution in [1.29, 1.82) is 0 Å². The molecule has 2 unspecified atom stereocenters. The highest BCUT2D eigenvalue weighted by molar-refractivity contribution is 14.0. The summed E-state index contributed by atoms with van der Waals surface area (Å²) in [6.07, 6.45) is 6.92. The summed E-state index contributed by atoms with van der Waals surface area (Å²) in [6.45, 7) is 10.3. The van der Waals surface area contributed by atoms with Crippen LogP contribution in [-0.4, -0.2) is 52.5 Å². The third-order valence-corrected chi connectivity index (χ3v) is 5.43. The molecule has 2 aromatic rings. The molecule has 30 heavy (non-hydrogen) atoms. The van der Waals surface area contributed by atoms with E-state index in [1.54, 1.807) is 0 Å². The number of halogens is 1. The number of benzene rings is 1. The molecule has 1 amide bonds. The van der Waals surface area contributed by atoms with Gasteiger partial charge in [0.05, 0.1) is 18.9 Å². The second-order valence-corrected chi connectivity index (χ2v) is 7.52. The van der Waals surface area contributed by atoms with Gasteiger partial charge in [-0.3, -0.25) is 4.79 Å². The summed E-state index contributed by atoms with van der Waals surface area (Å²) in [5, 5.41) is 6.26. The van der Waals surface area contributed by atoms with Gasteiger partial charge < -0.3 is 20.1 Å². The van der Waals surface area contributed by atoms with Gasteiger partial charge in [-0.1, -0.05) is 19.1 Å². The predicted molar refractivity (Wildman–Crippen MR) is 131 cm³/mol. The van der Waals surface area contributed by atoms with E-state index in [9.17, 15) is 4.79 Å². The number of likely N-dealkylation sites (tertiary alicyclic amines) is 1. The Labute approximate surface area is 196 Å². The second-order valence-electron chi connectivity index (χ2n) is 7.52. The number of imidazole rings is 1. The van der Waals surface area contributed by atoms with Gasteiger partial charge in [0.2, 0.25) is 0 Å². The van der Waals surface area contributed by atoms with Gasteiger partial charge in [-0.2, -0.15) is 0 Å². The van der Waals surface area contributed by atoms with Crippen LogP contribution >= 0.6 is 24.0 Å². The largest absolute Gasteiger partial charge is 0.357 e. The lowest BCUT2D eigenvalue weighted by Gasteiger charge is -2.39. The van der Waals surface area contributed by atoms with Gasteiger partial charge in [0.1, 0.15) is 0 Å². The van der Waals surface area contributed by atoms with E-state index < -0.39 is 0 Å². The first-order chi connectivity index (χ1) is 14.1. The molecule has 2 N–H and O–H groups in total. The van der Waals surface area contributed by atoms with Crippen LogP contribution in [0.15, 0.2) is 48.0 Å². The average Bonchev–Trinajstić information content (AvgIpc) is 3.27. The number of nitrogens with zero attached hydrogens (tertiary/aromatic N) is 4. The maximum absolute atomic E-state index is 11.9. The molecule has 8 heteroatoms. The standard InChI is InChI=1S/C22H32N6O.HI/c1-4-24-21(29)19-8-6-18(7-9-19)14-26-22(25-5-2)27-12-10-17(3)20(15-27)28-13-11-23-16-28;/h6-9,11,13,16-17,20H,4-5,10,12,14-15H2,1-3H3,(H,24,29)(H,25,26);1H. The Kier molecular flexibility index (Phi) is 9.61. The van der Waals surface area contributed by atoms with E-state index in [1.165, 1.54) is 0 Å². The van der Waals surface area contributed by atoms with Crippen LogP contribution < -0.4 is 10.6 Å². The molecule has 2 atom stereocenters. The molecule has 1 aliphatic rings. The highest BCUT2D eigenvalue weighted by atomic mass is 127. The zero-order valence-electron chi connectivity index (χ0n) is 18.0. The van der Waals surface area contributed by atoms with E-state index >= 15 is 0 Å². The van der Waals surface area contributed by atoms with Gasteiger partial charge in [-0.15, -0.1) is 24.0 Å². The highest BCUT2D eigenvalue weighted by Gasteiger charge is 2.28. The zero-order valence-corrected chi connectivity index (χ0v) is 20.4. The van der Waals surface area contributed by atoms with E-state index in [4.69, 9.17) is 4.99 Å². The lowest BCUT2D eigenvalue weighted by molar-refractivity contribution is 0.0956. The molecule has 1 aliphatic heterocycles. The second kappa shape index (κ2) is 11.9. The quantitative estimate of drug-likeness (QED) is 0.346. The molecular weight excluding hydrogens is 491 g/mol. The van der Waals surface area contributed by atoms with Crippen LogP contribution in [0.3, 0.4) is 0 Å². The van der Waals surface area contributed by atoms with E-state index in [2.05, 4.69) is 38.9 Å². The van der Waals surface area contributed by atoms with Crippen molar-refractivity contribution in [2.24, 2.45) is 10.9 Å². The van der Waals surface area contributed by atoms with E-state index in [0.29, 0.717) is 30.6 Å². The van der Waals surface area contributed by atoms with Gasteiger partial charge >= 0.3 is 0 Å². The van der Waals surface area contributed by atoms with Crippen LogP contribution in [-0.2, 0) is 6.54 Å². The topological polar surface area (TPSA) is 74.6 Å². The smallest absolute Gasteiger partial charge is 0.251 e. The number of nitrogens with one attached hydrogen (secondary N) is 2. The Bertz CT molecular complexity index is 806. The van der Waals surface area contributed by atoms with Crippen molar-refractivity contribution in [2.75, 3.05) is 26.2 Å². The Morgan fingerprint density at radius 2 is 1.93 bits per heavy atom. The maximum atomic E-state index is 11.9. The number of hydrogen-bond donors (Lipinski definition) is 2. The van der Waals surface area contributed by atoms with Gasteiger partial charge in [-0.25, -0.2) is 9.98 Å². The van der Waals surface area contributed by atoms with Crippen molar-refractivity contribution >= 4 is 35.8 Å². The molecule has 164 valence electrons. The number of guanidine groups is 1. The van der Waals surface area contributed by atoms with Crippen LogP contribution in [0.25, 0.3) is 0 Å². The molecule has 0 bridgehead atoms. The molecule has 1 fully saturated rings. The normalized spacial score (nSPS) is 19.2. The molecular formula is C22H33IN6O. The maximum Gasteiger partial charge on any atom is 0.251 e. The third-order valence-electron chi connectivity index (χ3n) is 5.43. The number of rotatable bonds is 6. The molecule has 1 aromatic carbocycles. The first-order valence-corrected chi connectivity index (χ1v) is 10.5. The number of carbonyl (C=O) groups is 1. The van der Waals surface area contributed by atoms with Crippen LogP contribution in [0.4, 0.5) is 0 Å². The Hall–Kier alpha value is -2.10. The monoisotopic (exact) mass is 524 g/mol. The van der Waals surface area contributed by atoms with Crippen molar-refractivity contribution in [3.05, 3.63) is 54.1 Å². The van der Waals surface area contributed by atoms with Gasteiger partial charge in [-0.05, 0) is 43.9 Å². The molecule has 0 aliphatic carbocycles. The van der Waals surface area contributed by atoms with Crippen LogP contribution in [0.5, 0.6) is 0 Å². The SMILES string of the molecule is CCNC(=O)c1ccc(CN=C(NCC)N2CCC(C)C(n3ccnc3)C2)cc1.I. The summed E-state index contributed by atoms with van der Waals surface area (Å²) in [5.41, 5.74) is 1.77. The van der Waals surface area contributed by atoms with Crippen molar-refractivity contribution < 1.29 is 4.79 Å². The summed E-state index contributed by atoms with van der Waals surface area (Å²) < 4.78 is 2.21. The third kappa shape index (κ3) is 6.20. The minimum Gasteiger partial charge on any atom is -0.357 e. The van der Waals surface area contributed by atoms with Crippen molar-refractivity contribution in [2.45, 2.75) is 39.8 Å². The zero-order chi connectivity index (χ0) is 20.6. The molecule has 3 rings (SSSR count). The highest BCUT2D eigenvalue weighted by Crippen LogP contribution is 2.27. The lowest BCUT2D eigenvalue weighted by Crippen LogP contribution is -2.49. The first-order valence-electron chi connectivity index (χ1n) is 10.5. The number of aromatic nitrogens is 2. The fourth-order valence-corrected chi connectivity index (χ4v) is 3.71. The molecule has 0 saturated carbocycles. The Balaban J connectivity index is 0.00000320. The van der Waals surface area contributed by atoms with Crippen molar-refractivity contribution in [3.63, 3.8) is 0 Å². The minimum atomic E-state index is -0.0381. The molecule has 2 heterocycles. The number of aliphatic imine (C=N–C) groups is 1. The minimum absolute atomic E-state index is 0. The van der Waals surface area contributed by atoms with Gasteiger partial charge in [0.15, 0.2) is 5.96 Å². The Morgan fingerprint density at radius 3 is 2.57 bits per heavy atom. The summed E-state index contributed by atoms with van der Waals surface area (Å²) in [7, 11) is 0. The Morgan fingerprint density at radius 1 is 1.20 bits per heavy atom. The van der Waals surface area contributed by atoms with Crippen molar-refractivity contribution in [1.82, 2.24) is 25.1 Å². The van der Waals surface area contributed by atoms with Crippen LogP contribution in [0, 0.1) is 5.92 Å².